The highest BCUT2D eigenvalue weighted by Gasteiger charge is 2.31. The molecule has 0 bridgehead atoms. The van der Waals surface area contributed by atoms with Crippen molar-refractivity contribution < 1.29 is 14.3 Å². The summed E-state index contributed by atoms with van der Waals surface area (Å²) < 4.78 is 10.9. The van der Waals surface area contributed by atoms with Crippen LogP contribution in [0.4, 0.5) is 4.79 Å². The zero-order valence-electron chi connectivity index (χ0n) is 17.0. The molecule has 2 rings (SSSR count). The van der Waals surface area contributed by atoms with Crippen LogP contribution in [0.5, 0.6) is 11.5 Å². The second kappa shape index (κ2) is 8.62. The first kappa shape index (κ1) is 20.4. The molecule has 1 fully saturated rings. The van der Waals surface area contributed by atoms with Crippen LogP contribution in [0.25, 0.3) is 0 Å². The number of nitrogens with one attached hydrogen (secondary N) is 1. The minimum atomic E-state index is -0.0421. The Kier molecular flexibility index (Phi) is 6.75. The summed E-state index contributed by atoms with van der Waals surface area (Å²) in [7, 11) is 3.44. The Balaban J connectivity index is 1.92. The lowest BCUT2D eigenvalue weighted by Crippen LogP contribution is -2.46. The first-order valence-corrected chi connectivity index (χ1v) is 9.31. The Morgan fingerprint density at radius 2 is 2.08 bits per heavy atom. The maximum absolute atomic E-state index is 12.5. The lowest BCUT2D eigenvalue weighted by molar-refractivity contribution is 0.168. The summed E-state index contributed by atoms with van der Waals surface area (Å²) in [6.07, 6.45) is 0.994. The number of hydrogen-bond donors (Lipinski definition) is 1. The molecule has 146 valence electrons. The van der Waals surface area contributed by atoms with Gasteiger partial charge in [-0.3, -0.25) is 4.90 Å². The van der Waals surface area contributed by atoms with Gasteiger partial charge >= 0.3 is 6.03 Å². The molecule has 6 heteroatoms. The summed E-state index contributed by atoms with van der Waals surface area (Å²) in [5, 5.41) is 3.15. The highest BCUT2D eigenvalue weighted by atomic mass is 16.5. The monoisotopic (exact) mass is 363 g/mol. The topological polar surface area (TPSA) is 54.0 Å². The Morgan fingerprint density at radius 3 is 2.65 bits per heavy atom. The van der Waals surface area contributed by atoms with Crippen LogP contribution in [0.2, 0.25) is 0 Å². The van der Waals surface area contributed by atoms with Crippen LogP contribution < -0.4 is 14.8 Å². The molecule has 1 aromatic rings. The maximum atomic E-state index is 12.5. The van der Waals surface area contributed by atoms with Crippen molar-refractivity contribution in [2.75, 3.05) is 33.9 Å². The molecule has 6 nitrogen and oxygen atoms in total. The molecule has 0 aliphatic carbocycles. The van der Waals surface area contributed by atoms with Gasteiger partial charge in [-0.05, 0) is 51.8 Å². The lowest BCUT2D eigenvalue weighted by Gasteiger charge is -2.31. The third kappa shape index (κ3) is 5.27. The first-order valence-electron chi connectivity index (χ1n) is 9.31. The molecule has 1 aliphatic rings. The smallest absolute Gasteiger partial charge is 0.317 e. The second-order valence-corrected chi connectivity index (χ2v) is 7.83. The van der Waals surface area contributed by atoms with Gasteiger partial charge in [0, 0.05) is 38.3 Å². The van der Waals surface area contributed by atoms with Crippen LogP contribution >= 0.6 is 0 Å². The highest BCUT2D eigenvalue weighted by molar-refractivity contribution is 5.74. The molecule has 1 aliphatic heterocycles. The quantitative estimate of drug-likeness (QED) is 0.844. The molecule has 0 spiro atoms. The van der Waals surface area contributed by atoms with E-state index in [1.807, 2.05) is 32.2 Å². The Labute approximate surface area is 157 Å². The summed E-state index contributed by atoms with van der Waals surface area (Å²) in [6.45, 7) is 11.6. The van der Waals surface area contributed by atoms with Gasteiger partial charge in [-0.25, -0.2) is 4.79 Å². The van der Waals surface area contributed by atoms with Gasteiger partial charge in [-0.15, -0.1) is 0 Å². The van der Waals surface area contributed by atoms with E-state index in [9.17, 15) is 4.79 Å². The third-order valence-corrected chi connectivity index (χ3v) is 4.76. The van der Waals surface area contributed by atoms with Gasteiger partial charge in [0.05, 0.1) is 13.7 Å². The summed E-state index contributed by atoms with van der Waals surface area (Å²) >= 11 is 0. The van der Waals surface area contributed by atoms with E-state index in [1.54, 1.807) is 12.0 Å². The zero-order chi connectivity index (χ0) is 19.3. The molecule has 1 atom stereocenters. The molecule has 0 radical (unpaired) electrons. The molecule has 1 aromatic carbocycles. The Bertz CT molecular complexity index is 613. The van der Waals surface area contributed by atoms with Gasteiger partial charge in [0.15, 0.2) is 11.5 Å². The van der Waals surface area contributed by atoms with E-state index in [4.69, 9.17) is 9.47 Å². The number of carbonyl (C=O) groups excluding carboxylic acids is 1. The van der Waals surface area contributed by atoms with Crippen LogP contribution in [0.1, 0.15) is 39.7 Å². The molecule has 1 N–H and O–H groups in total. The number of urea groups is 1. The molecular formula is C20H33N3O3. The average molecular weight is 364 g/mol. The fraction of sp³-hybridized carbons (Fsp3) is 0.650. The van der Waals surface area contributed by atoms with Crippen molar-refractivity contribution >= 4 is 6.03 Å². The largest absolute Gasteiger partial charge is 0.493 e. The fourth-order valence-electron chi connectivity index (χ4n) is 3.21. The van der Waals surface area contributed by atoms with E-state index >= 15 is 0 Å². The fourth-order valence-corrected chi connectivity index (χ4v) is 3.21. The molecule has 0 saturated carbocycles. The molecular weight excluding hydrogens is 330 g/mol. The number of hydrogen-bond acceptors (Lipinski definition) is 4. The van der Waals surface area contributed by atoms with Crippen LogP contribution in [-0.2, 0) is 6.54 Å². The summed E-state index contributed by atoms with van der Waals surface area (Å²) in [6, 6.07) is 5.94. The van der Waals surface area contributed by atoms with Crippen molar-refractivity contribution in [2.24, 2.45) is 0 Å². The molecule has 2 amide bonds. The van der Waals surface area contributed by atoms with Gasteiger partial charge in [-0.1, -0.05) is 6.07 Å². The van der Waals surface area contributed by atoms with Crippen molar-refractivity contribution in [1.82, 2.24) is 15.1 Å². The SMILES string of the molecule is CCOc1cc(CN(C)C(=O)N[C@@H]2CCN(C(C)(C)C)C2)ccc1OC. The molecule has 1 saturated heterocycles. The number of amides is 2. The van der Waals surface area contributed by atoms with Gasteiger partial charge in [0.1, 0.15) is 0 Å². The number of carbonyl (C=O) groups is 1. The van der Waals surface area contributed by atoms with Crippen molar-refractivity contribution in [3.63, 3.8) is 0 Å². The molecule has 26 heavy (non-hydrogen) atoms. The number of methoxy groups -OCH3 is 1. The summed E-state index contributed by atoms with van der Waals surface area (Å²) in [5.41, 5.74) is 1.15. The predicted molar refractivity (Wildman–Crippen MR) is 104 cm³/mol. The highest BCUT2D eigenvalue weighted by Crippen LogP contribution is 2.28. The van der Waals surface area contributed by atoms with E-state index < -0.39 is 0 Å². The number of nitrogens with zero attached hydrogens (tertiary/aromatic N) is 2. The van der Waals surface area contributed by atoms with Crippen molar-refractivity contribution in [3.05, 3.63) is 23.8 Å². The van der Waals surface area contributed by atoms with E-state index in [1.165, 1.54) is 0 Å². The van der Waals surface area contributed by atoms with Gasteiger partial charge in [-0.2, -0.15) is 0 Å². The normalized spacial score (nSPS) is 17.8. The molecule has 0 aromatic heterocycles. The molecule has 0 unspecified atom stereocenters. The minimum Gasteiger partial charge on any atom is -0.493 e. The van der Waals surface area contributed by atoms with Crippen molar-refractivity contribution in [3.8, 4) is 11.5 Å². The van der Waals surface area contributed by atoms with E-state index in [-0.39, 0.29) is 17.6 Å². The van der Waals surface area contributed by atoms with Crippen molar-refractivity contribution in [2.45, 2.75) is 52.2 Å². The minimum absolute atomic E-state index is 0.0421. The maximum Gasteiger partial charge on any atom is 0.317 e. The number of likely N-dealkylation sites (tertiary alicyclic amines) is 1. The van der Waals surface area contributed by atoms with Crippen LogP contribution in [0.15, 0.2) is 18.2 Å². The standard InChI is InChI=1S/C20H33N3O3/c1-7-26-18-12-15(8-9-17(18)25-6)13-22(5)19(24)21-16-10-11-23(14-16)20(2,3)4/h8-9,12,16H,7,10-11,13-14H2,1-6H3,(H,21,24)/t16-/m1/s1. The predicted octanol–water partition coefficient (Wildman–Crippen LogP) is 3.11. The van der Waals surface area contributed by atoms with Crippen LogP contribution in [0.3, 0.4) is 0 Å². The number of ether oxygens (including phenoxy) is 2. The summed E-state index contributed by atoms with van der Waals surface area (Å²) in [5.74, 6) is 1.41. The number of rotatable bonds is 6. The van der Waals surface area contributed by atoms with E-state index in [0.717, 1.165) is 25.1 Å². The first-order chi connectivity index (χ1) is 12.2. The van der Waals surface area contributed by atoms with Gasteiger partial charge in [0.25, 0.3) is 0 Å². The Hall–Kier alpha value is -1.95. The second-order valence-electron chi connectivity index (χ2n) is 7.83. The molecule has 1 heterocycles. The zero-order valence-corrected chi connectivity index (χ0v) is 17.0. The third-order valence-electron chi connectivity index (χ3n) is 4.76. The van der Waals surface area contributed by atoms with E-state index in [2.05, 4.69) is 31.0 Å². The van der Waals surface area contributed by atoms with Gasteiger partial charge in [0.2, 0.25) is 0 Å². The van der Waals surface area contributed by atoms with Crippen LogP contribution in [-0.4, -0.2) is 61.3 Å². The van der Waals surface area contributed by atoms with Crippen molar-refractivity contribution in [1.29, 1.82) is 0 Å². The lowest BCUT2D eigenvalue weighted by atomic mass is 10.1. The van der Waals surface area contributed by atoms with Gasteiger partial charge < -0.3 is 19.7 Å². The average Bonchev–Trinajstić information content (AvgIpc) is 3.04. The summed E-state index contributed by atoms with van der Waals surface area (Å²) in [4.78, 5) is 16.7. The number of benzene rings is 1. The Morgan fingerprint density at radius 1 is 1.35 bits per heavy atom. The van der Waals surface area contributed by atoms with E-state index in [0.29, 0.717) is 24.7 Å². The van der Waals surface area contributed by atoms with Crippen LogP contribution in [0, 0.1) is 0 Å².